The van der Waals surface area contributed by atoms with Crippen molar-refractivity contribution in [2.75, 3.05) is 33.0 Å². The van der Waals surface area contributed by atoms with Gasteiger partial charge in [0.1, 0.15) is 0 Å². The number of hydrogen-bond acceptors (Lipinski definition) is 6. The first kappa shape index (κ1) is 15.5. The minimum atomic E-state index is -0.392. The molecule has 0 fully saturated rings. The Labute approximate surface area is 95.9 Å². The quantitative estimate of drug-likeness (QED) is 0.300. The highest BCUT2D eigenvalue weighted by atomic mass is 17.0. The molecule has 0 aromatic rings. The Morgan fingerprint density at radius 2 is 1.81 bits per heavy atom. The van der Waals surface area contributed by atoms with Crippen LogP contribution in [0, 0.1) is 0 Å². The van der Waals surface area contributed by atoms with Crippen LogP contribution in [-0.2, 0) is 14.4 Å². The molecule has 0 radical (unpaired) electrons. The minimum Gasteiger partial charge on any atom is -0.394 e. The number of aliphatic hydroxyl groups excluding tert-OH is 2. The third kappa shape index (κ3) is 6.89. The lowest BCUT2D eigenvalue weighted by molar-refractivity contribution is -0.425. The van der Waals surface area contributed by atoms with Crippen LogP contribution in [0.1, 0.15) is 13.3 Å². The van der Waals surface area contributed by atoms with Gasteiger partial charge in [-0.3, -0.25) is 9.68 Å². The second kappa shape index (κ2) is 11.0. The van der Waals surface area contributed by atoms with Gasteiger partial charge in [0, 0.05) is 0 Å². The first-order valence-electron chi connectivity index (χ1n) is 5.29. The summed E-state index contributed by atoms with van der Waals surface area (Å²) in [5.41, 5.74) is 0. The first-order valence-corrected chi connectivity index (χ1v) is 5.29. The monoisotopic (exact) mass is 235 g/mol. The summed E-state index contributed by atoms with van der Waals surface area (Å²) in [5, 5.41) is 18.5. The third-order valence-corrected chi connectivity index (χ3v) is 1.61. The van der Waals surface area contributed by atoms with Gasteiger partial charge in [-0.05, 0) is 11.6 Å². The summed E-state index contributed by atoms with van der Waals surface area (Å²) in [4.78, 5) is 10.3. The molecule has 96 valence electrons. The minimum absolute atomic E-state index is 0.110. The molecule has 0 saturated heterocycles. The normalized spacial score (nSPS) is 13.0. The predicted molar refractivity (Wildman–Crippen MR) is 58.1 cm³/mol. The zero-order valence-corrected chi connectivity index (χ0v) is 9.67. The van der Waals surface area contributed by atoms with Crippen LogP contribution >= 0.6 is 0 Å². The summed E-state index contributed by atoms with van der Waals surface area (Å²) in [6.07, 6.45) is 1.87. The maximum atomic E-state index is 8.66. The number of hydrogen-bond donors (Lipinski definition) is 2. The molecule has 6 heteroatoms. The maximum Gasteiger partial charge on any atom is 0.160 e. The molecule has 1 atom stereocenters. The molecule has 1 unspecified atom stereocenters. The lowest BCUT2D eigenvalue weighted by Crippen LogP contribution is -2.38. The Hall–Kier alpha value is -0.500. The van der Waals surface area contributed by atoms with Gasteiger partial charge in [0.05, 0.1) is 33.0 Å². The number of aliphatic hydroxyl groups is 2. The van der Waals surface area contributed by atoms with Gasteiger partial charge < -0.3 is 14.9 Å². The number of ether oxygens (including phenoxy) is 1. The van der Waals surface area contributed by atoms with Crippen molar-refractivity contribution >= 4 is 0 Å². The van der Waals surface area contributed by atoms with E-state index in [1.165, 1.54) is 0 Å². The zero-order chi connectivity index (χ0) is 12.2. The lowest BCUT2D eigenvalue weighted by Gasteiger charge is -2.27. The standard InChI is InChI=1S/C10H21NO5/c1-3-7-14-10(4-2)11(15-8-5-12)16-9-6-13/h3,10,12-13H,1,4-9H2,2H3. The van der Waals surface area contributed by atoms with Gasteiger partial charge in [0.2, 0.25) is 0 Å². The Bertz CT molecular complexity index is 159. The van der Waals surface area contributed by atoms with E-state index in [0.29, 0.717) is 13.0 Å². The summed E-state index contributed by atoms with van der Waals surface area (Å²) in [6.45, 7) is 5.82. The van der Waals surface area contributed by atoms with Crippen molar-refractivity contribution in [1.29, 1.82) is 0 Å². The second-order valence-corrected chi connectivity index (χ2v) is 2.88. The van der Waals surface area contributed by atoms with Crippen LogP contribution in [0.3, 0.4) is 0 Å². The van der Waals surface area contributed by atoms with Crippen molar-refractivity contribution in [3.63, 3.8) is 0 Å². The van der Waals surface area contributed by atoms with E-state index < -0.39 is 6.23 Å². The topological polar surface area (TPSA) is 71.4 Å². The van der Waals surface area contributed by atoms with E-state index in [-0.39, 0.29) is 26.4 Å². The lowest BCUT2D eigenvalue weighted by atomic mass is 10.4. The van der Waals surface area contributed by atoms with Gasteiger partial charge in [-0.1, -0.05) is 13.0 Å². The maximum absolute atomic E-state index is 8.66. The largest absolute Gasteiger partial charge is 0.394 e. The van der Waals surface area contributed by atoms with Crippen LogP contribution in [0.4, 0.5) is 0 Å². The van der Waals surface area contributed by atoms with Gasteiger partial charge in [0.25, 0.3) is 0 Å². The van der Waals surface area contributed by atoms with E-state index >= 15 is 0 Å². The molecular weight excluding hydrogens is 214 g/mol. The van der Waals surface area contributed by atoms with Crippen molar-refractivity contribution in [2.45, 2.75) is 19.6 Å². The van der Waals surface area contributed by atoms with Crippen LogP contribution in [-0.4, -0.2) is 54.7 Å². The molecular formula is C10H21NO5. The molecule has 0 rings (SSSR count). The Balaban J connectivity index is 4.11. The average molecular weight is 235 g/mol. The van der Waals surface area contributed by atoms with E-state index in [1.807, 2.05) is 6.92 Å². The van der Waals surface area contributed by atoms with E-state index in [9.17, 15) is 0 Å². The molecule has 16 heavy (non-hydrogen) atoms. The fourth-order valence-corrected chi connectivity index (χ4v) is 0.972. The van der Waals surface area contributed by atoms with Crippen molar-refractivity contribution in [3.05, 3.63) is 12.7 Å². The fourth-order valence-electron chi connectivity index (χ4n) is 0.972. The Kier molecular flexibility index (Phi) is 10.7. The van der Waals surface area contributed by atoms with Crippen molar-refractivity contribution in [1.82, 2.24) is 5.23 Å². The number of rotatable bonds is 11. The molecule has 2 N–H and O–H groups in total. The Morgan fingerprint density at radius 3 is 2.19 bits per heavy atom. The first-order chi connectivity index (χ1) is 7.79. The van der Waals surface area contributed by atoms with Crippen molar-refractivity contribution in [2.24, 2.45) is 0 Å². The van der Waals surface area contributed by atoms with Crippen molar-refractivity contribution in [3.8, 4) is 0 Å². The number of nitrogens with zero attached hydrogens (tertiary/aromatic N) is 1. The predicted octanol–water partition coefficient (Wildman–Crippen LogP) is 0.0749. The zero-order valence-electron chi connectivity index (χ0n) is 9.67. The molecule has 0 heterocycles. The summed E-state index contributed by atoms with van der Waals surface area (Å²) in [7, 11) is 0. The summed E-state index contributed by atoms with van der Waals surface area (Å²) >= 11 is 0. The molecule has 0 aliphatic carbocycles. The average Bonchev–Trinajstić information content (AvgIpc) is 2.32. The molecule has 6 nitrogen and oxygen atoms in total. The van der Waals surface area contributed by atoms with E-state index in [4.69, 9.17) is 24.6 Å². The van der Waals surface area contributed by atoms with Gasteiger partial charge in [0.15, 0.2) is 6.23 Å². The van der Waals surface area contributed by atoms with Gasteiger partial charge in [-0.15, -0.1) is 6.58 Å². The molecule has 0 bridgehead atoms. The molecule has 0 aliphatic rings. The highest BCUT2D eigenvalue weighted by Crippen LogP contribution is 2.07. The summed E-state index contributed by atoms with van der Waals surface area (Å²) in [6, 6.07) is 0. The van der Waals surface area contributed by atoms with E-state index in [1.54, 1.807) is 6.08 Å². The van der Waals surface area contributed by atoms with Gasteiger partial charge in [-0.2, -0.15) is 0 Å². The fraction of sp³-hybridized carbons (Fsp3) is 0.800. The molecule has 0 aromatic heterocycles. The van der Waals surface area contributed by atoms with E-state index in [2.05, 4.69) is 6.58 Å². The smallest absolute Gasteiger partial charge is 0.160 e. The third-order valence-electron chi connectivity index (χ3n) is 1.61. The van der Waals surface area contributed by atoms with Crippen molar-refractivity contribution < 1.29 is 24.6 Å². The van der Waals surface area contributed by atoms with Crippen LogP contribution in [0.25, 0.3) is 0 Å². The summed E-state index contributed by atoms with van der Waals surface area (Å²) < 4.78 is 5.39. The van der Waals surface area contributed by atoms with E-state index in [0.717, 1.165) is 5.23 Å². The molecule has 0 aliphatic heterocycles. The Morgan fingerprint density at radius 1 is 1.25 bits per heavy atom. The highest BCUT2D eigenvalue weighted by molar-refractivity contribution is 4.64. The van der Waals surface area contributed by atoms with Crippen LogP contribution in [0.2, 0.25) is 0 Å². The molecule has 0 spiro atoms. The molecule has 0 aromatic carbocycles. The van der Waals surface area contributed by atoms with Gasteiger partial charge in [-0.25, -0.2) is 0 Å². The second-order valence-electron chi connectivity index (χ2n) is 2.88. The van der Waals surface area contributed by atoms with Crippen LogP contribution in [0.15, 0.2) is 12.7 Å². The molecule has 0 saturated carbocycles. The van der Waals surface area contributed by atoms with Crippen LogP contribution in [0.5, 0.6) is 0 Å². The number of hydroxylamine groups is 2. The van der Waals surface area contributed by atoms with Crippen LogP contribution < -0.4 is 0 Å². The highest BCUT2D eigenvalue weighted by Gasteiger charge is 2.18. The van der Waals surface area contributed by atoms with Gasteiger partial charge >= 0.3 is 0 Å². The summed E-state index contributed by atoms with van der Waals surface area (Å²) in [5.74, 6) is 0. The SMILES string of the molecule is C=CCOC(CC)N(OCCO)OCCO. The molecule has 0 amide bonds.